The summed E-state index contributed by atoms with van der Waals surface area (Å²) >= 11 is 0. The molecule has 1 aromatic carbocycles. The molecule has 156 valence electrons. The highest BCUT2D eigenvalue weighted by atomic mass is 15.2. The van der Waals surface area contributed by atoms with Crippen LogP contribution in [-0.4, -0.2) is 45.2 Å². The minimum absolute atomic E-state index is 0.739. The number of aromatic nitrogens is 4. The first-order valence-electron chi connectivity index (χ1n) is 10.6. The lowest BCUT2D eigenvalue weighted by atomic mass is 10.1. The summed E-state index contributed by atoms with van der Waals surface area (Å²) in [6, 6.07) is 14.4. The Balaban J connectivity index is 1.31. The normalized spacial score (nSPS) is 12.0. The number of aryl methyl sites for hydroxylation is 2. The molecule has 0 fully saturated rings. The molecule has 0 aliphatic carbocycles. The Morgan fingerprint density at radius 2 is 1.93 bits per heavy atom. The number of aromatic amines is 1. The number of guanidine groups is 1. The van der Waals surface area contributed by atoms with Gasteiger partial charge in [0.05, 0.1) is 0 Å². The van der Waals surface area contributed by atoms with Gasteiger partial charge in [-0.2, -0.15) is 0 Å². The maximum Gasteiger partial charge on any atom is 0.191 e. The zero-order chi connectivity index (χ0) is 20.8. The Hall–Kier alpha value is -3.35. The van der Waals surface area contributed by atoms with Crippen molar-refractivity contribution in [2.75, 3.05) is 19.6 Å². The van der Waals surface area contributed by atoms with Gasteiger partial charge in [-0.1, -0.05) is 24.3 Å². The summed E-state index contributed by atoms with van der Waals surface area (Å²) in [5, 5.41) is 16.6. The van der Waals surface area contributed by atoms with Crippen LogP contribution >= 0.6 is 0 Å². The van der Waals surface area contributed by atoms with E-state index in [9.17, 15) is 0 Å². The van der Waals surface area contributed by atoms with E-state index in [1.54, 1.807) is 0 Å². The van der Waals surface area contributed by atoms with Gasteiger partial charge in [-0.05, 0) is 50.5 Å². The van der Waals surface area contributed by atoms with Crippen LogP contribution in [0.1, 0.15) is 30.4 Å². The third-order valence-electron chi connectivity index (χ3n) is 5.25. The van der Waals surface area contributed by atoms with Crippen molar-refractivity contribution in [2.24, 2.45) is 4.99 Å². The van der Waals surface area contributed by atoms with Crippen molar-refractivity contribution in [3.05, 3.63) is 65.7 Å². The average Bonchev–Trinajstić information content (AvgIpc) is 3.32. The van der Waals surface area contributed by atoms with Gasteiger partial charge >= 0.3 is 0 Å². The molecule has 0 atom stereocenters. The summed E-state index contributed by atoms with van der Waals surface area (Å²) in [6.07, 6.45) is 4.73. The Labute approximate surface area is 176 Å². The second-order valence-electron chi connectivity index (χ2n) is 7.36. The average molecular weight is 404 g/mol. The predicted molar refractivity (Wildman–Crippen MR) is 122 cm³/mol. The molecule has 3 N–H and O–H groups in total. The van der Waals surface area contributed by atoms with Gasteiger partial charge in [-0.3, -0.25) is 9.39 Å². The lowest BCUT2D eigenvalue weighted by molar-refractivity contribution is 0.750. The molecular weight excluding hydrogens is 374 g/mol. The second kappa shape index (κ2) is 9.43. The molecule has 0 radical (unpaired) electrons. The van der Waals surface area contributed by atoms with Crippen LogP contribution in [-0.2, 0) is 12.8 Å². The summed E-state index contributed by atoms with van der Waals surface area (Å²) in [6.45, 7) is 6.64. The van der Waals surface area contributed by atoms with Gasteiger partial charge in [0.1, 0.15) is 5.82 Å². The van der Waals surface area contributed by atoms with Crippen LogP contribution in [0.15, 0.2) is 53.7 Å². The number of pyridine rings is 1. The zero-order valence-electron chi connectivity index (χ0n) is 17.7. The maximum absolute atomic E-state index is 4.73. The van der Waals surface area contributed by atoms with Gasteiger partial charge in [0.15, 0.2) is 11.6 Å². The number of H-pyrrole nitrogens is 1. The van der Waals surface area contributed by atoms with E-state index >= 15 is 0 Å². The summed E-state index contributed by atoms with van der Waals surface area (Å²) in [4.78, 5) is 8.20. The van der Waals surface area contributed by atoms with E-state index in [2.05, 4.69) is 63.9 Å². The number of rotatable bonds is 8. The largest absolute Gasteiger partial charge is 0.358 e. The number of nitrogens with zero attached hydrogens (tertiary/aromatic N) is 4. The number of nitrogens with one attached hydrogen (secondary N) is 3. The number of benzene rings is 1. The van der Waals surface area contributed by atoms with E-state index in [1.807, 2.05) is 28.8 Å². The fourth-order valence-corrected chi connectivity index (χ4v) is 3.79. The van der Waals surface area contributed by atoms with Crippen LogP contribution in [0, 0.1) is 6.92 Å². The fraction of sp³-hybridized carbons (Fsp3) is 0.348. The summed E-state index contributed by atoms with van der Waals surface area (Å²) in [5.74, 6) is 1.84. The van der Waals surface area contributed by atoms with Gasteiger partial charge in [0.25, 0.3) is 0 Å². The van der Waals surface area contributed by atoms with Gasteiger partial charge in [0.2, 0.25) is 0 Å². The molecule has 3 heterocycles. The van der Waals surface area contributed by atoms with Crippen LogP contribution in [0.25, 0.3) is 16.6 Å². The zero-order valence-corrected chi connectivity index (χ0v) is 17.7. The predicted octanol–water partition coefficient (Wildman–Crippen LogP) is 3.25. The molecule has 0 aliphatic heterocycles. The number of fused-ring (bicyclic) bond motifs is 2. The molecular formula is C23H29N7. The highest BCUT2D eigenvalue weighted by Crippen LogP contribution is 2.21. The molecule has 0 saturated heterocycles. The third kappa shape index (κ3) is 4.45. The molecule has 7 nitrogen and oxygen atoms in total. The maximum atomic E-state index is 4.73. The minimum atomic E-state index is 0.739. The quantitative estimate of drug-likeness (QED) is 0.240. The standard InChI is InChI=1S/C23H29N7/c1-3-24-23(25-14-8-12-22-29-28-21-11-6-7-16-30(21)22)26-15-13-18-17(2)27-20-10-5-4-9-19(18)20/h4-7,9-11,16,27H,3,8,12-15H2,1-2H3,(H2,24,25,26). The van der Waals surface area contributed by atoms with Gasteiger partial charge < -0.3 is 15.6 Å². The number of aliphatic imine (C=N–C) groups is 1. The van der Waals surface area contributed by atoms with Crippen molar-refractivity contribution in [2.45, 2.75) is 33.1 Å². The highest BCUT2D eigenvalue weighted by molar-refractivity contribution is 5.84. The first-order chi connectivity index (χ1) is 14.8. The Morgan fingerprint density at radius 1 is 1.07 bits per heavy atom. The van der Waals surface area contributed by atoms with Crippen LogP contribution in [0.3, 0.4) is 0 Å². The summed E-state index contributed by atoms with van der Waals surface area (Å²) in [5.41, 5.74) is 4.69. The Morgan fingerprint density at radius 3 is 2.83 bits per heavy atom. The smallest absolute Gasteiger partial charge is 0.191 e. The van der Waals surface area contributed by atoms with E-state index < -0.39 is 0 Å². The van der Waals surface area contributed by atoms with Crippen molar-refractivity contribution in [1.82, 2.24) is 30.2 Å². The molecule has 3 aromatic heterocycles. The first-order valence-corrected chi connectivity index (χ1v) is 10.6. The van der Waals surface area contributed by atoms with Crippen molar-refractivity contribution in [1.29, 1.82) is 0 Å². The summed E-state index contributed by atoms with van der Waals surface area (Å²) < 4.78 is 2.04. The van der Waals surface area contributed by atoms with Crippen molar-refractivity contribution >= 4 is 22.5 Å². The topological polar surface area (TPSA) is 82.4 Å². The number of hydrogen-bond donors (Lipinski definition) is 3. The van der Waals surface area contributed by atoms with Crippen molar-refractivity contribution in [3.63, 3.8) is 0 Å². The Bertz CT molecular complexity index is 1140. The van der Waals surface area contributed by atoms with Crippen LogP contribution in [0.4, 0.5) is 0 Å². The van der Waals surface area contributed by atoms with Gasteiger partial charge in [0, 0.05) is 48.8 Å². The molecule has 30 heavy (non-hydrogen) atoms. The SMILES string of the molecule is CCNC(=NCCCc1nnc2ccccn12)NCCc1c(C)[nH]c2ccccc12. The molecule has 0 spiro atoms. The minimum Gasteiger partial charge on any atom is -0.358 e. The van der Waals surface area contributed by atoms with Gasteiger partial charge in [-0.25, -0.2) is 0 Å². The lowest BCUT2D eigenvalue weighted by Crippen LogP contribution is -2.38. The van der Waals surface area contributed by atoms with Crippen LogP contribution in [0.2, 0.25) is 0 Å². The fourth-order valence-electron chi connectivity index (χ4n) is 3.79. The summed E-state index contributed by atoms with van der Waals surface area (Å²) in [7, 11) is 0. The lowest BCUT2D eigenvalue weighted by Gasteiger charge is -2.11. The molecule has 4 aromatic rings. The van der Waals surface area contributed by atoms with E-state index in [-0.39, 0.29) is 0 Å². The molecule has 7 heteroatoms. The van der Waals surface area contributed by atoms with Gasteiger partial charge in [-0.15, -0.1) is 10.2 Å². The second-order valence-corrected chi connectivity index (χ2v) is 7.36. The van der Waals surface area contributed by atoms with Crippen LogP contribution in [0.5, 0.6) is 0 Å². The van der Waals surface area contributed by atoms with E-state index in [4.69, 9.17) is 4.99 Å². The molecule has 4 rings (SSSR count). The number of hydrogen-bond acceptors (Lipinski definition) is 3. The Kier molecular flexibility index (Phi) is 6.27. The van der Waals surface area contributed by atoms with Crippen LogP contribution < -0.4 is 10.6 Å². The molecule has 0 aliphatic rings. The first kappa shape index (κ1) is 19.9. The highest BCUT2D eigenvalue weighted by Gasteiger charge is 2.08. The number of para-hydroxylation sites is 1. The third-order valence-corrected chi connectivity index (χ3v) is 5.25. The van der Waals surface area contributed by atoms with E-state index in [0.29, 0.717) is 0 Å². The monoisotopic (exact) mass is 403 g/mol. The van der Waals surface area contributed by atoms with E-state index in [0.717, 1.165) is 56.3 Å². The van der Waals surface area contributed by atoms with Crippen molar-refractivity contribution < 1.29 is 0 Å². The molecule has 0 bridgehead atoms. The van der Waals surface area contributed by atoms with E-state index in [1.165, 1.54) is 22.2 Å². The molecule has 0 unspecified atom stereocenters. The van der Waals surface area contributed by atoms with Crippen molar-refractivity contribution in [3.8, 4) is 0 Å². The molecule has 0 saturated carbocycles. The molecule has 0 amide bonds.